The number of nitrogens with zero attached hydrogens (tertiary/aromatic N) is 2. The van der Waals surface area contributed by atoms with Crippen molar-refractivity contribution in [2.45, 2.75) is 32.4 Å². The van der Waals surface area contributed by atoms with Crippen LogP contribution in [-0.4, -0.2) is 24.5 Å². The smallest absolute Gasteiger partial charge is 0.140 e. The predicted molar refractivity (Wildman–Crippen MR) is 176 cm³/mol. The molecule has 0 spiro atoms. The number of ether oxygens (including phenoxy) is 1. The van der Waals surface area contributed by atoms with E-state index in [9.17, 15) is 0 Å². The third kappa shape index (κ3) is 5.67. The van der Waals surface area contributed by atoms with Crippen LogP contribution in [0.3, 0.4) is 0 Å². The molecule has 3 nitrogen and oxygen atoms in total. The van der Waals surface area contributed by atoms with Gasteiger partial charge in [-0.1, -0.05) is 141 Å². The highest BCUT2D eigenvalue weighted by atomic mass is 28.3. The van der Waals surface area contributed by atoms with Crippen molar-refractivity contribution in [2.75, 3.05) is 6.61 Å². The normalized spacial score (nSPS) is 11.7. The Hall–Kier alpha value is -4.25. The summed E-state index contributed by atoms with van der Waals surface area (Å²) in [6, 6.07) is 44.2. The zero-order chi connectivity index (χ0) is 28.2. The van der Waals surface area contributed by atoms with Crippen molar-refractivity contribution in [1.82, 2.24) is 9.78 Å². The van der Waals surface area contributed by atoms with Crippen LogP contribution in [-0.2, 0) is 11.5 Å². The quantitative estimate of drug-likeness (QED) is 0.132. The molecule has 204 valence electrons. The van der Waals surface area contributed by atoms with Gasteiger partial charge in [0.05, 0.1) is 11.7 Å². The second-order valence-corrected chi connectivity index (χ2v) is 17.3. The van der Waals surface area contributed by atoms with Crippen LogP contribution in [0.5, 0.6) is 0 Å². The van der Waals surface area contributed by atoms with Crippen LogP contribution in [0.25, 0.3) is 55.4 Å². The van der Waals surface area contributed by atoms with Gasteiger partial charge in [0.25, 0.3) is 0 Å². The van der Waals surface area contributed by atoms with E-state index < -0.39 is 8.07 Å². The molecule has 0 aliphatic heterocycles. The molecule has 5 aromatic carbocycles. The molecular formula is C37H36N2OSi. The standard InChI is InChI=1S/C37H36N2OSi/c1-41(2,3)25-24-40-27-39-37-32(26-38-39)33(28-16-8-4-9-17-28)34(29-18-10-5-11-19-29)35(30-20-12-6-13-21-30)36(37)31-22-14-7-15-23-31/h4-23,26H,24-25,27H2,1-3H3. The summed E-state index contributed by atoms with van der Waals surface area (Å²) in [5.74, 6) is 0. The number of aromatic nitrogens is 2. The molecule has 1 heterocycles. The minimum Gasteiger partial charge on any atom is -0.360 e. The monoisotopic (exact) mass is 552 g/mol. The minimum absolute atomic E-state index is 0.418. The average molecular weight is 553 g/mol. The molecule has 0 amide bonds. The molecule has 4 heteroatoms. The summed E-state index contributed by atoms with van der Waals surface area (Å²) in [5, 5.41) is 6.10. The van der Waals surface area contributed by atoms with Gasteiger partial charge in [-0.25, -0.2) is 4.68 Å². The number of rotatable bonds is 9. The lowest BCUT2D eigenvalue weighted by Crippen LogP contribution is -2.22. The van der Waals surface area contributed by atoms with E-state index in [4.69, 9.17) is 9.84 Å². The van der Waals surface area contributed by atoms with Crippen molar-refractivity contribution >= 4 is 19.0 Å². The van der Waals surface area contributed by atoms with Crippen LogP contribution in [0.4, 0.5) is 0 Å². The fourth-order valence-electron chi connectivity index (χ4n) is 5.54. The molecule has 0 unspecified atom stereocenters. The zero-order valence-corrected chi connectivity index (χ0v) is 25.0. The highest BCUT2D eigenvalue weighted by molar-refractivity contribution is 6.76. The lowest BCUT2D eigenvalue weighted by atomic mass is 9.81. The van der Waals surface area contributed by atoms with E-state index in [0.29, 0.717) is 6.73 Å². The molecule has 6 rings (SSSR count). The number of fused-ring (bicyclic) bond motifs is 1. The van der Waals surface area contributed by atoms with E-state index in [1.165, 1.54) is 38.9 Å². The SMILES string of the molecule is C[Si](C)(C)CCOCn1ncc2c(-c3ccccc3)c(-c3ccccc3)c(-c3ccccc3)c(-c3ccccc3)c21. The van der Waals surface area contributed by atoms with Crippen LogP contribution in [0.2, 0.25) is 25.7 Å². The first kappa shape index (κ1) is 26.9. The van der Waals surface area contributed by atoms with Crippen LogP contribution in [0, 0.1) is 0 Å². The van der Waals surface area contributed by atoms with Gasteiger partial charge in [-0.2, -0.15) is 5.10 Å². The Morgan fingerprint density at radius 2 is 0.976 bits per heavy atom. The summed E-state index contributed by atoms with van der Waals surface area (Å²) in [4.78, 5) is 0. The van der Waals surface area contributed by atoms with Gasteiger partial charge < -0.3 is 4.74 Å². The van der Waals surface area contributed by atoms with E-state index in [-0.39, 0.29) is 0 Å². The van der Waals surface area contributed by atoms with Gasteiger partial charge in [-0.3, -0.25) is 0 Å². The van der Waals surface area contributed by atoms with Crippen LogP contribution >= 0.6 is 0 Å². The van der Waals surface area contributed by atoms with Gasteiger partial charge >= 0.3 is 0 Å². The van der Waals surface area contributed by atoms with Gasteiger partial charge in [0.2, 0.25) is 0 Å². The van der Waals surface area contributed by atoms with E-state index in [0.717, 1.165) is 29.1 Å². The summed E-state index contributed by atoms with van der Waals surface area (Å²) in [6.45, 7) is 8.32. The second-order valence-electron chi connectivity index (χ2n) is 11.7. The predicted octanol–water partition coefficient (Wildman–Crippen LogP) is 10.0. The highest BCUT2D eigenvalue weighted by Gasteiger charge is 2.26. The number of benzene rings is 5. The first-order valence-corrected chi connectivity index (χ1v) is 18.1. The maximum Gasteiger partial charge on any atom is 0.140 e. The van der Waals surface area contributed by atoms with E-state index >= 15 is 0 Å². The Kier molecular flexibility index (Phi) is 7.69. The molecule has 6 aromatic rings. The summed E-state index contributed by atoms with van der Waals surface area (Å²) in [6.07, 6.45) is 2.03. The number of hydrogen-bond acceptors (Lipinski definition) is 2. The molecule has 0 bridgehead atoms. The van der Waals surface area contributed by atoms with Gasteiger partial charge in [-0.05, 0) is 33.9 Å². The molecule has 0 atom stereocenters. The highest BCUT2D eigenvalue weighted by Crippen LogP contribution is 2.50. The molecule has 0 aliphatic carbocycles. The Morgan fingerprint density at radius 1 is 0.561 bits per heavy atom. The molecular weight excluding hydrogens is 517 g/mol. The molecule has 0 N–H and O–H groups in total. The Bertz CT molecular complexity index is 1740. The maximum atomic E-state index is 6.29. The van der Waals surface area contributed by atoms with Crippen LogP contribution in [0.15, 0.2) is 128 Å². The minimum atomic E-state index is -1.20. The molecule has 1 aromatic heterocycles. The van der Waals surface area contributed by atoms with E-state index in [2.05, 4.69) is 146 Å². The molecule has 0 saturated carbocycles. The van der Waals surface area contributed by atoms with Gasteiger partial charge in [0.1, 0.15) is 6.73 Å². The van der Waals surface area contributed by atoms with Crippen molar-refractivity contribution in [2.24, 2.45) is 0 Å². The third-order valence-electron chi connectivity index (χ3n) is 7.56. The van der Waals surface area contributed by atoms with Crippen molar-refractivity contribution in [1.29, 1.82) is 0 Å². The first-order chi connectivity index (χ1) is 20.0. The second kappa shape index (κ2) is 11.7. The van der Waals surface area contributed by atoms with Gasteiger partial charge in [0, 0.05) is 36.8 Å². The van der Waals surface area contributed by atoms with Crippen molar-refractivity contribution in [3.8, 4) is 44.5 Å². The van der Waals surface area contributed by atoms with Gasteiger partial charge in [-0.15, -0.1) is 0 Å². The van der Waals surface area contributed by atoms with E-state index in [1.807, 2.05) is 6.20 Å². The lowest BCUT2D eigenvalue weighted by molar-refractivity contribution is 0.0817. The van der Waals surface area contributed by atoms with Crippen molar-refractivity contribution < 1.29 is 4.74 Å². The Balaban J connectivity index is 1.72. The fraction of sp³-hybridized carbons (Fsp3) is 0.162. The molecule has 0 aliphatic rings. The molecule has 0 fully saturated rings. The maximum absolute atomic E-state index is 6.29. The number of hydrogen-bond donors (Lipinski definition) is 0. The van der Waals surface area contributed by atoms with Crippen LogP contribution < -0.4 is 0 Å². The summed E-state index contributed by atoms with van der Waals surface area (Å²) < 4.78 is 8.36. The Labute approximate surface area is 244 Å². The first-order valence-electron chi connectivity index (χ1n) is 14.4. The molecule has 41 heavy (non-hydrogen) atoms. The lowest BCUT2D eigenvalue weighted by Gasteiger charge is -2.23. The van der Waals surface area contributed by atoms with Crippen molar-refractivity contribution in [3.05, 3.63) is 128 Å². The summed E-state index contributed by atoms with van der Waals surface area (Å²) >= 11 is 0. The largest absolute Gasteiger partial charge is 0.360 e. The summed E-state index contributed by atoms with van der Waals surface area (Å²) in [5.41, 5.74) is 10.6. The van der Waals surface area contributed by atoms with Crippen molar-refractivity contribution in [3.63, 3.8) is 0 Å². The van der Waals surface area contributed by atoms with Gasteiger partial charge in [0.15, 0.2) is 0 Å². The average Bonchev–Trinajstić information content (AvgIpc) is 3.42. The van der Waals surface area contributed by atoms with E-state index in [1.54, 1.807) is 0 Å². The Morgan fingerprint density at radius 3 is 1.44 bits per heavy atom. The third-order valence-corrected chi connectivity index (χ3v) is 9.26. The van der Waals surface area contributed by atoms with Crippen LogP contribution in [0.1, 0.15) is 0 Å². The molecule has 0 saturated heterocycles. The summed E-state index contributed by atoms with van der Waals surface area (Å²) in [7, 11) is -1.20. The topological polar surface area (TPSA) is 27.1 Å². The molecule has 0 radical (unpaired) electrons. The fourth-order valence-corrected chi connectivity index (χ4v) is 6.30. The zero-order valence-electron chi connectivity index (χ0n) is 24.0.